The average molecular weight is 410 g/mol. The monoisotopic (exact) mass is 409 g/mol. The lowest BCUT2D eigenvalue weighted by atomic mass is 9.95. The lowest BCUT2D eigenvalue weighted by molar-refractivity contribution is -0.119. The fourth-order valence-corrected chi connectivity index (χ4v) is 3.77. The van der Waals surface area contributed by atoms with Gasteiger partial charge in [-0.3, -0.25) is 9.59 Å². The Kier molecular flexibility index (Phi) is 7.76. The van der Waals surface area contributed by atoms with E-state index in [4.69, 9.17) is 12.2 Å². The van der Waals surface area contributed by atoms with Gasteiger partial charge in [0.25, 0.3) is 5.91 Å². The van der Waals surface area contributed by atoms with Crippen LogP contribution in [0, 0.1) is 0 Å². The molecule has 2 aromatic carbocycles. The number of para-hydroxylation sites is 1. The molecule has 6 heteroatoms. The van der Waals surface area contributed by atoms with Gasteiger partial charge < -0.3 is 16.0 Å². The summed E-state index contributed by atoms with van der Waals surface area (Å²) in [4.78, 5) is 24.9. The van der Waals surface area contributed by atoms with Crippen LogP contribution in [-0.2, 0) is 11.2 Å². The third kappa shape index (κ3) is 6.68. The molecular formula is C23H27N3O2S. The highest BCUT2D eigenvalue weighted by atomic mass is 32.1. The van der Waals surface area contributed by atoms with Gasteiger partial charge in [0.1, 0.15) is 0 Å². The maximum Gasteiger partial charge on any atom is 0.253 e. The molecule has 0 unspecified atom stereocenters. The zero-order valence-corrected chi connectivity index (χ0v) is 17.3. The highest BCUT2D eigenvalue weighted by Gasteiger charge is 2.19. The topological polar surface area (TPSA) is 70.2 Å². The van der Waals surface area contributed by atoms with Crippen molar-refractivity contribution in [1.82, 2.24) is 10.6 Å². The Balaban J connectivity index is 1.53. The van der Waals surface area contributed by atoms with Crippen molar-refractivity contribution < 1.29 is 9.59 Å². The summed E-state index contributed by atoms with van der Waals surface area (Å²) in [6.45, 7) is 0. The molecule has 3 N–H and O–H groups in total. The van der Waals surface area contributed by atoms with Crippen molar-refractivity contribution >= 4 is 34.8 Å². The molecule has 0 atom stereocenters. The van der Waals surface area contributed by atoms with Crippen molar-refractivity contribution in [2.75, 3.05) is 5.32 Å². The van der Waals surface area contributed by atoms with Crippen LogP contribution in [0.1, 0.15) is 54.4 Å². The van der Waals surface area contributed by atoms with Crippen LogP contribution >= 0.6 is 12.2 Å². The third-order valence-corrected chi connectivity index (χ3v) is 5.30. The summed E-state index contributed by atoms with van der Waals surface area (Å²) >= 11 is 5.28. The van der Waals surface area contributed by atoms with Crippen LogP contribution in [0.15, 0.2) is 54.6 Å². The van der Waals surface area contributed by atoms with Gasteiger partial charge in [-0.15, -0.1) is 0 Å². The van der Waals surface area contributed by atoms with E-state index in [1.54, 1.807) is 12.1 Å². The summed E-state index contributed by atoms with van der Waals surface area (Å²) in [7, 11) is 0. The second-order valence-corrected chi connectivity index (χ2v) is 7.75. The lowest BCUT2D eigenvalue weighted by Gasteiger charge is -2.23. The number of amides is 2. The minimum Gasteiger partial charge on any atom is -0.349 e. The second kappa shape index (κ2) is 10.7. The Morgan fingerprint density at radius 1 is 0.931 bits per heavy atom. The number of carbonyl (C=O) groups excluding carboxylic acids is 2. The van der Waals surface area contributed by atoms with Gasteiger partial charge in [0, 0.05) is 12.5 Å². The van der Waals surface area contributed by atoms with Crippen molar-refractivity contribution in [3.8, 4) is 0 Å². The minimum absolute atomic E-state index is 0.113. The molecule has 1 fully saturated rings. The van der Waals surface area contributed by atoms with Crippen molar-refractivity contribution in [2.45, 2.75) is 51.0 Å². The number of anilines is 1. The number of carbonyl (C=O) groups is 2. The van der Waals surface area contributed by atoms with Crippen LogP contribution in [-0.4, -0.2) is 23.0 Å². The van der Waals surface area contributed by atoms with E-state index < -0.39 is 0 Å². The molecule has 5 nitrogen and oxygen atoms in total. The van der Waals surface area contributed by atoms with Gasteiger partial charge in [0.15, 0.2) is 5.11 Å². The van der Waals surface area contributed by atoms with Gasteiger partial charge in [0.2, 0.25) is 5.91 Å². The molecule has 0 aliphatic heterocycles. The summed E-state index contributed by atoms with van der Waals surface area (Å²) in [6.07, 6.45) is 6.59. The van der Waals surface area contributed by atoms with Crippen LogP contribution in [0.5, 0.6) is 0 Å². The van der Waals surface area contributed by atoms with E-state index in [0.29, 0.717) is 24.1 Å². The first-order valence-corrected chi connectivity index (χ1v) is 10.6. The molecule has 0 radical (unpaired) electrons. The number of hydrogen-bond donors (Lipinski definition) is 3. The van der Waals surface area contributed by atoms with E-state index in [1.807, 2.05) is 42.5 Å². The van der Waals surface area contributed by atoms with Gasteiger partial charge in [-0.05, 0) is 49.2 Å². The van der Waals surface area contributed by atoms with Gasteiger partial charge in [-0.25, -0.2) is 0 Å². The van der Waals surface area contributed by atoms with Gasteiger partial charge in [-0.1, -0.05) is 61.7 Å². The first kappa shape index (κ1) is 21.0. The Labute approximate surface area is 177 Å². The SMILES string of the molecule is O=C(CCc1ccccc1)NC(=S)Nc1ccccc1C(=O)NC1CCCCC1. The van der Waals surface area contributed by atoms with Crippen molar-refractivity contribution in [3.63, 3.8) is 0 Å². The largest absolute Gasteiger partial charge is 0.349 e. The molecule has 1 aliphatic carbocycles. The number of hydrogen-bond acceptors (Lipinski definition) is 3. The number of nitrogens with one attached hydrogen (secondary N) is 3. The number of rotatable bonds is 6. The molecule has 1 saturated carbocycles. The first-order chi connectivity index (χ1) is 14.1. The molecule has 0 saturated heterocycles. The summed E-state index contributed by atoms with van der Waals surface area (Å²) in [5, 5.41) is 9.01. The molecule has 1 aliphatic rings. The van der Waals surface area contributed by atoms with Crippen molar-refractivity contribution in [3.05, 3.63) is 65.7 Å². The molecule has 2 aromatic rings. The van der Waals surface area contributed by atoms with Crippen LogP contribution in [0.3, 0.4) is 0 Å². The lowest BCUT2D eigenvalue weighted by Crippen LogP contribution is -2.37. The van der Waals surface area contributed by atoms with E-state index in [9.17, 15) is 9.59 Å². The summed E-state index contributed by atoms with van der Waals surface area (Å²) < 4.78 is 0. The predicted molar refractivity (Wildman–Crippen MR) is 120 cm³/mol. The molecule has 0 spiro atoms. The number of aryl methyl sites for hydroxylation is 1. The van der Waals surface area contributed by atoms with Gasteiger partial charge in [0.05, 0.1) is 11.3 Å². The molecule has 0 bridgehead atoms. The van der Waals surface area contributed by atoms with Crippen molar-refractivity contribution in [1.29, 1.82) is 0 Å². The number of thiocarbonyl (C=S) groups is 1. The molecule has 0 aromatic heterocycles. The predicted octanol–water partition coefficient (Wildman–Crippen LogP) is 4.19. The molecular weight excluding hydrogens is 382 g/mol. The summed E-state index contributed by atoms with van der Waals surface area (Å²) in [6, 6.07) is 17.3. The molecule has 2 amide bonds. The van der Waals surface area contributed by atoms with E-state index in [2.05, 4.69) is 16.0 Å². The minimum atomic E-state index is -0.157. The fraction of sp³-hybridized carbons (Fsp3) is 0.348. The number of benzene rings is 2. The van der Waals surface area contributed by atoms with Crippen LogP contribution in [0.25, 0.3) is 0 Å². The maximum atomic E-state index is 12.7. The zero-order chi connectivity index (χ0) is 20.5. The highest BCUT2D eigenvalue weighted by molar-refractivity contribution is 7.80. The summed E-state index contributed by atoms with van der Waals surface area (Å²) in [5.74, 6) is -0.270. The van der Waals surface area contributed by atoms with Crippen LogP contribution < -0.4 is 16.0 Å². The molecule has 152 valence electrons. The van der Waals surface area contributed by atoms with Gasteiger partial charge in [-0.2, -0.15) is 0 Å². The van der Waals surface area contributed by atoms with Crippen LogP contribution in [0.2, 0.25) is 0 Å². The zero-order valence-electron chi connectivity index (χ0n) is 16.4. The molecule has 0 heterocycles. The van der Waals surface area contributed by atoms with Gasteiger partial charge >= 0.3 is 0 Å². The van der Waals surface area contributed by atoms with Crippen molar-refractivity contribution in [2.24, 2.45) is 0 Å². The fourth-order valence-electron chi connectivity index (χ4n) is 3.55. The molecule has 29 heavy (non-hydrogen) atoms. The second-order valence-electron chi connectivity index (χ2n) is 7.34. The van der Waals surface area contributed by atoms with E-state index in [1.165, 1.54) is 6.42 Å². The molecule has 3 rings (SSSR count). The Bertz CT molecular complexity index is 848. The first-order valence-electron chi connectivity index (χ1n) is 10.2. The van der Waals surface area contributed by atoms with E-state index >= 15 is 0 Å². The Morgan fingerprint density at radius 2 is 1.62 bits per heavy atom. The average Bonchev–Trinajstić information content (AvgIpc) is 2.74. The Hall–Kier alpha value is -2.73. The summed E-state index contributed by atoms with van der Waals surface area (Å²) in [5.41, 5.74) is 2.22. The standard InChI is InChI=1S/C23H27N3O2S/c27-21(16-15-17-9-3-1-4-10-17)26-23(29)25-20-14-8-7-13-19(20)22(28)24-18-11-5-2-6-12-18/h1,3-4,7-10,13-14,18H,2,5-6,11-12,15-16H2,(H,24,28)(H2,25,26,27,29). The maximum absolute atomic E-state index is 12.7. The van der Waals surface area contributed by atoms with Crippen LogP contribution in [0.4, 0.5) is 5.69 Å². The Morgan fingerprint density at radius 3 is 2.38 bits per heavy atom. The van der Waals surface area contributed by atoms with E-state index in [0.717, 1.165) is 31.2 Å². The quantitative estimate of drug-likeness (QED) is 0.626. The normalized spacial score (nSPS) is 14.1. The highest BCUT2D eigenvalue weighted by Crippen LogP contribution is 2.20. The smallest absolute Gasteiger partial charge is 0.253 e. The third-order valence-electron chi connectivity index (χ3n) is 5.10. The van der Waals surface area contributed by atoms with E-state index in [-0.39, 0.29) is 23.0 Å².